The first kappa shape index (κ1) is 17.7. The van der Waals surface area contributed by atoms with E-state index in [-0.39, 0.29) is 5.41 Å². The summed E-state index contributed by atoms with van der Waals surface area (Å²) in [6.07, 6.45) is 6.15. The minimum Gasteiger partial charge on any atom is -0.490 e. The molecule has 5 heteroatoms. The van der Waals surface area contributed by atoms with Crippen molar-refractivity contribution in [2.75, 3.05) is 24.6 Å². The van der Waals surface area contributed by atoms with Gasteiger partial charge < -0.3 is 9.64 Å². The third-order valence-corrected chi connectivity index (χ3v) is 7.08. The lowest BCUT2D eigenvalue weighted by Gasteiger charge is -2.41. The van der Waals surface area contributed by atoms with Crippen LogP contribution in [0.3, 0.4) is 0 Å². The Labute approximate surface area is 170 Å². The Morgan fingerprint density at radius 1 is 1.22 bits per heavy atom. The average Bonchev–Trinajstić information content (AvgIpc) is 3.50. The summed E-state index contributed by atoms with van der Waals surface area (Å²) in [5, 5.41) is 6.68. The Hall–Kier alpha value is -1.36. The van der Waals surface area contributed by atoms with Gasteiger partial charge in [-0.2, -0.15) is 0 Å². The minimum atomic E-state index is 0.0299. The van der Waals surface area contributed by atoms with Gasteiger partial charge in [0.1, 0.15) is 5.75 Å². The summed E-state index contributed by atoms with van der Waals surface area (Å²) in [4.78, 5) is 3.66. The van der Waals surface area contributed by atoms with Crippen molar-refractivity contribution in [2.45, 2.75) is 42.4 Å². The average molecular weight is 401 g/mol. The molecular formula is C22H25ClN2OS. The predicted octanol–water partition coefficient (Wildman–Crippen LogP) is 5.19. The molecule has 1 fully saturated rings. The number of fused-ring (bicyclic) bond motifs is 3. The summed E-state index contributed by atoms with van der Waals surface area (Å²) in [6, 6.07) is 12.8. The number of nitrogens with zero attached hydrogens (tertiary/aromatic N) is 1. The van der Waals surface area contributed by atoms with Crippen molar-refractivity contribution in [1.82, 2.24) is 0 Å². The van der Waals surface area contributed by atoms with E-state index in [9.17, 15) is 0 Å². The highest BCUT2D eigenvalue weighted by Gasteiger charge is 2.42. The van der Waals surface area contributed by atoms with Crippen LogP contribution in [0.25, 0.3) is 0 Å². The standard InChI is InChI=1S/C22H25ClN2OS/c23-17-5-7-19-16(10-17)2-1-9-22(19)13-25(12-15-3-4-15)20-11-18(27-24)6-8-21(20)26-14-22/h5-8,10-11,15H,1-4,9,12-14,24H2. The molecule has 2 N–H and O–H groups in total. The molecule has 3 aliphatic rings. The van der Waals surface area contributed by atoms with Crippen LogP contribution in [0.4, 0.5) is 5.69 Å². The maximum absolute atomic E-state index is 6.44. The zero-order valence-electron chi connectivity index (χ0n) is 15.4. The van der Waals surface area contributed by atoms with Gasteiger partial charge in [0.05, 0.1) is 12.3 Å². The molecule has 2 aliphatic carbocycles. The van der Waals surface area contributed by atoms with Crippen LogP contribution < -0.4 is 14.8 Å². The van der Waals surface area contributed by atoms with E-state index in [0.29, 0.717) is 0 Å². The summed E-state index contributed by atoms with van der Waals surface area (Å²) in [6.45, 7) is 2.84. The molecule has 27 heavy (non-hydrogen) atoms. The van der Waals surface area contributed by atoms with Gasteiger partial charge in [-0.3, -0.25) is 5.14 Å². The lowest BCUT2D eigenvalue weighted by molar-refractivity contribution is 0.206. The Morgan fingerprint density at radius 2 is 2.11 bits per heavy atom. The second-order valence-corrected chi connectivity index (χ2v) is 9.44. The minimum absolute atomic E-state index is 0.0299. The van der Waals surface area contributed by atoms with Crippen molar-refractivity contribution in [3.63, 3.8) is 0 Å². The number of rotatable bonds is 3. The van der Waals surface area contributed by atoms with Crippen LogP contribution in [0, 0.1) is 5.92 Å². The second kappa shape index (κ2) is 6.91. The van der Waals surface area contributed by atoms with E-state index in [0.717, 1.165) is 54.1 Å². The Morgan fingerprint density at radius 3 is 2.93 bits per heavy atom. The third-order valence-electron chi connectivity index (χ3n) is 6.32. The number of nitrogens with two attached hydrogens (primary N) is 1. The van der Waals surface area contributed by atoms with Crippen LogP contribution in [0.5, 0.6) is 5.75 Å². The highest BCUT2D eigenvalue weighted by Crippen LogP contribution is 2.46. The van der Waals surface area contributed by atoms with Gasteiger partial charge in [-0.05, 0) is 91.4 Å². The van der Waals surface area contributed by atoms with Crippen molar-refractivity contribution < 1.29 is 4.74 Å². The first-order valence-electron chi connectivity index (χ1n) is 9.84. The molecule has 0 saturated heterocycles. The molecule has 1 aliphatic heterocycles. The van der Waals surface area contributed by atoms with Crippen molar-refractivity contribution in [3.8, 4) is 5.75 Å². The van der Waals surface area contributed by atoms with Gasteiger partial charge in [-0.1, -0.05) is 17.7 Å². The quantitative estimate of drug-likeness (QED) is 0.719. The molecule has 0 amide bonds. The summed E-state index contributed by atoms with van der Waals surface area (Å²) < 4.78 is 6.44. The van der Waals surface area contributed by atoms with Gasteiger partial charge in [0.25, 0.3) is 0 Å². The number of hydrogen-bond acceptors (Lipinski definition) is 4. The lowest BCUT2D eigenvalue weighted by atomic mass is 9.70. The van der Waals surface area contributed by atoms with Crippen LogP contribution in [0.1, 0.15) is 36.8 Å². The molecule has 3 nitrogen and oxygen atoms in total. The number of anilines is 1. The Balaban J connectivity index is 1.57. The smallest absolute Gasteiger partial charge is 0.142 e. The fraction of sp³-hybridized carbons (Fsp3) is 0.455. The molecule has 5 rings (SSSR count). The number of benzene rings is 2. The number of hydrogen-bond donors (Lipinski definition) is 1. The lowest BCUT2D eigenvalue weighted by Crippen LogP contribution is -2.46. The van der Waals surface area contributed by atoms with Crippen LogP contribution in [-0.4, -0.2) is 19.7 Å². The fourth-order valence-corrected chi connectivity index (χ4v) is 5.30. The van der Waals surface area contributed by atoms with E-state index >= 15 is 0 Å². The third kappa shape index (κ3) is 3.32. The molecule has 1 saturated carbocycles. The van der Waals surface area contributed by atoms with Gasteiger partial charge in [0, 0.05) is 28.4 Å². The SMILES string of the molecule is NSc1ccc2c(c1)N(CC1CC1)CC1(CCCc3cc(Cl)ccc31)CO2. The number of aryl methyl sites for hydroxylation is 1. The Bertz CT molecular complexity index is 869. The summed E-state index contributed by atoms with van der Waals surface area (Å²) in [7, 11) is 0. The van der Waals surface area contributed by atoms with E-state index in [1.807, 2.05) is 6.07 Å². The van der Waals surface area contributed by atoms with Crippen molar-refractivity contribution in [2.24, 2.45) is 11.1 Å². The normalized spacial score (nSPS) is 24.1. The van der Waals surface area contributed by atoms with Gasteiger partial charge in [-0.25, -0.2) is 0 Å². The van der Waals surface area contributed by atoms with Gasteiger partial charge in [-0.15, -0.1) is 0 Å². The molecule has 0 aromatic heterocycles. The van der Waals surface area contributed by atoms with Crippen molar-refractivity contribution in [1.29, 1.82) is 0 Å². The van der Waals surface area contributed by atoms with E-state index in [1.165, 1.54) is 48.0 Å². The van der Waals surface area contributed by atoms with Crippen LogP contribution in [0.2, 0.25) is 5.02 Å². The fourth-order valence-electron chi connectivity index (χ4n) is 4.78. The molecule has 2 aromatic rings. The topological polar surface area (TPSA) is 38.5 Å². The molecule has 142 valence electrons. The number of halogens is 1. The summed E-state index contributed by atoms with van der Waals surface area (Å²) >= 11 is 7.60. The summed E-state index contributed by atoms with van der Waals surface area (Å²) in [5.74, 6) is 1.81. The molecule has 2 aromatic carbocycles. The van der Waals surface area contributed by atoms with Crippen LogP contribution in [0.15, 0.2) is 41.3 Å². The summed E-state index contributed by atoms with van der Waals surface area (Å²) in [5.41, 5.74) is 4.06. The van der Waals surface area contributed by atoms with E-state index in [4.69, 9.17) is 21.5 Å². The first-order valence-corrected chi connectivity index (χ1v) is 11.1. The molecular weight excluding hydrogens is 376 g/mol. The highest BCUT2D eigenvalue weighted by molar-refractivity contribution is 7.97. The van der Waals surface area contributed by atoms with E-state index in [1.54, 1.807) is 0 Å². The second-order valence-electron chi connectivity index (χ2n) is 8.30. The molecule has 0 bridgehead atoms. The van der Waals surface area contributed by atoms with E-state index in [2.05, 4.69) is 35.2 Å². The van der Waals surface area contributed by atoms with Crippen LogP contribution >= 0.6 is 23.5 Å². The number of ether oxygens (including phenoxy) is 1. The van der Waals surface area contributed by atoms with E-state index < -0.39 is 0 Å². The predicted molar refractivity (Wildman–Crippen MR) is 113 cm³/mol. The molecule has 1 unspecified atom stereocenters. The Kier molecular flexibility index (Phi) is 4.53. The van der Waals surface area contributed by atoms with Crippen molar-refractivity contribution in [3.05, 3.63) is 52.5 Å². The van der Waals surface area contributed by atoms with Crippen molar-refractivity contribution >= 4 is 29.2 Å². The molecule has 0 radical (unpaired) electrons. The first-order chi connectivity index (χ1) is 13.2. The maximum Gasteiger partial charge on any atom is 0.142 e. The van der Waals surface area contributed by atoms with Crippen LogP contribution in [-0.2, 0) is 11.8 Å². The van der Waals surface area contributed by atoms with Gasteiger partial charge >= 0.3 is 0 Å². The molecule has 1 spiro atoms. The zero-order chi connectivity index (χ0) is 18.4. The molecule has 1 atom stereocenters. The largest absolute Gasteiger partial charge is 0.490 e. The zero-order valence-corrected chi connectivity index (χ0v) is 17.0. The molecule has 1 heterocycles. The van der Waals surface area contributed by atoms with Gasteiger partial charge in [0.2, 0.25) is 0 Å². The highest BCUT2D eigenvalue weighted by atomic mass is 35.5. The van der Waals surface area contributed by atoms with Gasteiger partial charge in [0.15, 0.2) is 0 Å². The monoisotopic (exact) mass is 400 g/mol. The maximum atomic E-state index is 6.44.